The minimum absolute atomic E-state index is 0.0165. The van der Waals surface area contributed by atoms with Crippen molar-refractivity contribution >= 4 is 40.6 Å². The summed E-state index contributed by atoms with van der Waals surface area (Å²) in [6.45, 7) is 4.01. The van der Waals surface area contributed by atoms with Crippen molar-refractivity contribution in [1.29, 1.82) is 0 Å². The van der Waals surface area contributed by atoms with Crippen molar-refractivity contribution in [3.05, 3.63) is 103 Å². The number of rotatable bonds is 11. The Morgan fingerprint density at radius 1 is 1.02 bits per heavy atom. The molecular weight excluding hydrogens is 564 g/mol. The number of nitrogens with one attached hydrogen (secondary N) is 1. The number of amidine groups is 1. The molecule has 1 unspecified atom stereocenters. The zero-order chi connectivity index (χ0) is 30.2. The van der Waals surface area contributed by atoms with E-state index in [2.05, 4.69) is 22.1 Å². The Kier molecular flexibility index (Phi) is 9.33. The summed E-state index contributed by atoms with van der Waals surface area (Å²) in [5, 5.41) is 16.1. The lowest BCUT2D eigenvalue weighted by Crippen LogP contribution is -2.33. The first kappa shape index (κ1) is 29.3. The van der Waals surface area contributed by atoms with Gasteiger partial charge in [-0.05, 0) is 60.7 Å². The SMILES string of the molecule is C=CCN1C(=O)C(CC(=O)Nc2ccc(OC)cc2)S/C1=N\N=C\c1cn(-c2ccccc2)nc1-c1ccc(OC)cc1. The molecule has 0 aliphatic carbocycles. The van der Waals surface area contributed by atoms with Crippen LogP contribution in [0, 0.1) is 0 Å². The number of thioether (sulfide) groups is 1. The van der Waals surface area contributed by atoms with E-state index in [1.807, 2.05) is 60.8 Å². The Hall–Kier alpha value is -5.16. The number of anilines is 1. The molecule has 1 fully saturated rings. The second kappa shape index (κ2) is 13.7. The number of ether oxygens (including phenoxy) is 2. The van der Waals surface area contributed by atoms with E-state index >= 15 is 0 Å². The fourth-order valence-electron chi connectivity index (χ4n) is 4.38. The Morgan fingerprint density at radius 2 is 1.70 bits per heavy atom. The highest BCUT2D eigenvalue weighted by atomic mass is 32.2. The van der Waals surface area contributed by atoms with E-state index in [0.717, 1.165) is 22.6 Å². The van der Waals surface area contributed by atoms with Crippen LogP contribution in [-0.4, -0.2) is 63.9 Å². The Morgan fingerprint density at radius 3 is 2.35 bits per heavy atom. The van der Waals surface area contributed by atoms with Gasteiger partial charge in [-0.2, -0.15) is 10.2 Å². The van der Waals surface area contributed by atoms with Gasteiger partial charge >= 0.3 is 0 Å². The predicted molar refractivity (Wildman–Crippen MR) is 170 cm³/mol. The average Bonchev–Trinajstić information content (AvgIpc) is 3.59. The zero-order valence-electron chi connectivity index (χ0n) is 23.7. The van der Waals surface area contributed by atoms with E-state index in [-0.39, 0.29) is 24.8 Å². The van der Waals surface area contributed by atoms with Crippen molar-refractivity contribution in [2.75, 3.05) is 26.1 Å². The van der Waals surface area contributed by atoms with Crippen molar-refractivity contribution in [3.8, 4) is 28.4 Å². The van der Waals surface area contributed by atoms with Gasteiger partial charge in [-0.25, -0.2) is 4.68 Å². The molecule has 5 rings (SSSR count). The topological polar surface area (TPSA) is 110 Å². The first-order valence-corrected chi connectivity index (χ1v) is 14.3. The predicted octanol–water partition coefficient (Wildman–Crippen LogP) is 5.41. The number of benzene rings is 3. The molecule has 0 spiro atoms. The number of amides is 2. The summed E-state index contributed by atoms with van der Waals surface area (Å²) in [5.41, 5.74) is 3.84. The molecule has 2 heterocycles. The molecule has 0 bridgehead atoms. The molecule has 2 amide bonds. The van der Waals surface area contributed by atoms with Crippen LogP contribution in [0.15, 0.2) is 108 Å². The summed E-state index contributed by atoms with van der Waals surface area (Å²) in [6, 6.07) is 24.4. The number of para-hydroxylation sites is 1. The fraction of sp³-hybridized carbons (Fsp3) is 0.156. The maximum absolute atomic E-state index is 13.2. The van der Waals surface area contributed by atoms with E-state index in [1.165, 1.54) is 16.7 Å². The van der Waals surface area contributed by atoms with Crippen LogP contribution in [0.1, 0.15) is 12.0 Å². The highest BCUT2D eigenvalue weighted by molar-refractivity contribution is 8.15. The van der Waals surface area contributed by atoms with Gasteiger partial charge in [-0.15, -0.1) is 11.7 Å². The summed E-state index contributed by atoms with van der Waals surface area (Å²) >= 11 is 1.20. The van der Waals surface area contributed by atoms with Gasteiger partial charge in [-0.1, -0.05) is 36.0 Å². The lowest BCUT2D eigenvalue weighted by molar-refractivity contribution is -0.127. The van der Waals surface area contributed by atoms with Crippen molar-refractivity contribution in [2.24, 2.45) is 10.2 Å². The largest absolute Gasteiger partial charge is 0.497 e. The molecule has 0 radical (unpaired) electrons. The van der Waals surface area contributed by atoms with E-state index in [9.17, 15) is 9.59 Å². The minimum atomic E-state index is -0.636. The summed E-state index contributed by atoms with van der Waals surface area (Å²) in [6.07, 6.45) is 5.08. The van der Waals surface area contributed by atoms with Gasteiger partial charge in [0.05, 0.1) is 26.1 Å². The van der Waals surface area contributed by atoms with Crippen LogP contribution in [0.2, 0.25) is 0 Å². The number of methoxy groups -OCH3 is 2. The van der Waals surface area contributed by atoms with Crippen LogP contribution >= 0.6 is 11.8 Å². The summed E-state index contributed by atoms with van der Waals surface area (Å²) in [7, 11) is 3.20. The maximum atomic E-state index is 13.2. The van der Waals surface area contributed by atoms with Crippen molar-refractivity contribution < 1.29 is 19.1 Å². The molecule has 10 nitrogen and oxygen atoms in total. The van der Waals surface area contributed by atoms with Crippen molar-refractivity contribution in [2.45, 2.75) is 11.7 Å². The molecule has 1 saturated heterocycles. The molecule has 1 atom stereocenters. The number of carbonyl (C=O) groups is 2. The van der Waals surface area contributed by atoms with Crippen LogP contribution in [0.5, 0.6) is 11.5 Å². The third-order valence-electron chi connectivity index (χ3n) is 6.54. The van der Waals surface area contributed by atoms with Gasteiger partial charge in [0.2, 0.25) is 11.8 Å². The lowest BCUT2D eigenvalue weighted by atomic mass is 10.1. The van der Waals surface area contributed by atoms with Gasteiger partial charge in [0.25, 0.3) is 0 Å². The van der Waals surface area contributed by atoms with Gasteiger partial charge in [0.15, 0.2) is 5.17 Å². The number of hydrogen-bond acceptors (Lipinski definition) is 8. The molecule has 0 saturated carbocycles. The lowest BCUT2D eigenvalue weighted by Gasteiger charge is -2.13. The number of nitrogens with zero attached hydrogens (tertiary/aromatic N) is 5. The van der Waals surface area contributed by atoms with E-state index < -0.39 is 5.25 Å². The normalized spacial score (nSPS) is 15.7. The van der Waals surface area contributed by atoms with Crippen LogP contribution in [-0.2, 0) is 9.59 Å². The van der Waals surface area contributed by atoms with Crippen molar-refractivity contribution in [3.63, 3.8) is 0 Å². The zero-order valence-corrected chi connectivity index (χ0v) is 24.5. The highest BCUT2D eigenvalue weighted by Gasteiger charge is 2.38. The van der Waals surface area contributed by atoms with Crippen LogP contribution < -0.4 is 14.8 Å². The molecule has 11 heteroatoms. The molecular formula is C32H30N6O4S. The molecule has 43 heavy (non-hydrogen) atoms. The highest BCUT2D eigenvalue weighted by Crippen LogP contribution is 2.30. The van der Waals surface area contributed by atoms with Gasteiger partial charge in [0.1, 0.15) is 22.4 Å². The molecule has 3 aromatic carbocycles. The summed E-state index contributed by atoms with van der Waals surface area (Å²) in [4.78, 5) is 27.4. The summed E-state index contributed by atoms with van der Waals surface area (Å²) in [5.74, 6) is 0.922. The maximum Gasteiger partial charge on any atom is 0.243 e. The Labute approximate surface area is 253 Å². The van der Waals surface area contributed by atoms with Crippen LogP contribution in [0.25, 0.3) is 16.9 Å². The average molecular weight is 595 g/mol. The molecule has 4 aromatic rings. The van der Waals surface area contributed by atoms with Gasteiger partial charge in [0, 0.05) is 36.0 Å². The van der Waals surface area contributed by atoms with Crippen LogP contribution in [0.3, 0.4) is 0 Å². The smallest absolute Gasteiger partial charge is 0.243 e. The number of carbonyl (C=O) groups excluding carboxylic acids is 2. The first-order chi connectivity index (χ1) is 21.0. The fourth-order valence-corrected chi connectivity index (χ4v) is 5.48. The Bertz CT molecular complexity index is 1650. The molecule has 1 aliphatic rings. The molecule has 1 aliphatic heterocycles. The summed E-state index contributed by atoms with van der Waals surface area (Å²) < 4.78 is 12.2. The van der Waals surface area contributed by atoms with Crippen LogP contribution in [0.4, 0.5) is 5.69 Å². The first-order valence-electron chi connectivity index (χ1n) is 13.4. The number of hydrogen-bond donors (Lipinski definition) is 1. The number of aromatic nitrogens is 2. The van der Waals surface area contributed by atoms with Crippen molar-refractivity contribution in [1.82, 2.24) is 14.7 Å². The van der Waals surface area contributed by atoms with E-state index in [1.54, 1.807) is 55.5 Å². The third kappa shape index (κ3) is 7.02. The van der Waals surface area contributed by atoms with E-state index in [4.69, 9.17) is 14.6 Å². The molecule has 218 valence electrons. The molecule has 1 aromatic heterocycles. The second-order valence-corrected chi connectivity index (χ2v) is 10.6. The quantitative estimate of drug-likeness (QED) is 0.141. The standard InChI is InChI=1S/C32H30N6O4S/c1-4-18-37-31(40)28(19-29(39)34-24-12-16-27(42-3)17-13-24)43-32(37)35-33-20-23-21-38(25-8-6-5-7-9-25)36-30(23)22-10-14-26(41-2)15-11-22/h4-17,20-21,28H,1,18-19H2,2-3H3,(H,34,39)/b33-20+,35-32-. The third-order valence-corrected chi connectivity index (χ3v) is 7.71. The van der Waals surface area contributed by atoms with Gasteiger partial charge < -0.3 is 14.8 Å². The minimum Gasteiger partial charge on any atom is -0.497 e. The Balaban J connectivity index is 1.36. The monoisotopic (exact) mass is 594 g/mol. The second-order valence-electron chi connectivity index (χ2n) is 9.39. The molecule has 1 N–H and O–H groups in total. The van der Waals surface area contributed by atoms with E-state index in [0.29, 0.717) is 22.3 Å². The van der Waals surface area contributed by atoms with Gasteiger partial charge in [-0.3, -0.25) is 14.5 Å².